The van der Waals surface area contributed by atoms with Crippen molar-refractivity contribution in [2.24, 2.45) is 0 Å². The molecule has 2 heterocycles. The molecule has 0 amide bonds. The molecular formula is C11H14N4O. The van der Waals surface area contributed by atoms with Crippen LogP contribution >= 0.6 is 0 Å². The van der Waals surface area contributed by atoms with Crippen LogP contribution in [0.5, 0.6) is 0 Å². The minimum atomic E-state index is 0.444. The molecule has 0 N–H and O–H groups in total. The zero-order valence-corrected chi connectivity index (χ0v) is 9.42. The van der Waals surface area contributed by atoms with Crippen molar-refractivity contribution in [3.8, 4) is 5.82 Å². The largest absolute Gasteiger partial charge is 0.374 e. The molecule has 5 heteroatoms. The molecule has 0 aliphatic rings. The Kier molecular flexibility index (Phi) is 3.26. The first-order valence-corrected chi connectivity index (χ1v) is 5.20. The SMILES string of the molecule is CCOCc1nc(C)cc(-n2ccnc2)n1. The average Bonchev–Trinajstić information content (AvgIpc) is 2.79. The first-order valence-electron chi connectivity index (χ1n) is 5.20. The molecule has 0 radical (unpaired) electrons. The van der Waals surface area contributed by atoms with Crippen LogP contribution in [-0.4, -0.2) is 26.1 Å². The quantitative estimate of drug-likeness (QED) is 0.780. The van der Waals surface area contributed by atoms with E-state index in [1.54, 1.807) is 12.5 Å². The van der Waals surface area contributed by atoms with E-state index in [4.69, 9.17) is 4.74 Å². The van der Waals surface area contributed by atoms with Gasteiger partial charge >= 0.3 is 0 Å². The molecule has 84 valence electrons. The number of imidazole rings is 1. The lowest BCUT2D eigenvalue weighted by molar-refractivity contribution is 0.128. The molecule has 0 aromatic carbocycles. The summed E-state index contributed by atoms with van der Waals surface area (Å²) in [4.78, 5) is 12.7. The zero-order chi connectivity index (χ0) is 11.4. The summed E-state index contributed by atoms with van der Waals surface area (Å²) < 4.78 is 7.15. The standard InChI is InChI=1S/C11H14N4O/c1-3-16-7-10-13-9(2)6-11(14-10)15-5-4-12-8-15/h4-6,8H,3,7H2,1-2H3. The maximum atomic E-state index is 5.30. The van der Waals surface area contributed by atoms with Gasteiger partial charge in [0.15, 0.2) is 5.82 Å². The van der Waals surface area contributed by atoms with Gasteiger partial charge in [-0.05, 0) is 13.8 Å². The molecule has 0 saturated heterocycles. The van der Waals surface area contributed by atoms with Crippen LogP contribution in [0.25, 0.3) is 5.82 Å². The van der Waals surface area contributed by atoms with Crippen molar-refractivity contribution in [2.75, 3.05) is 6.61 Å². The van der Waals surface area contributed by atoms with E-state index < -0.39 is 0 Å². The van der Waals surface area contributed by atoms with Gasteiger partial charge in [-0.25, -0.2) is 15.0 Å². The third-order valence-corrected chi connectivity index (χ3v) is 2.09. The molecule has 0 bridgehead atoms. The maximum Gasteiger partial charge on any atom is 0.156 e. The van der Waals surface area contributed by atoms with Crippen LogP contribution in [0, 0.1) is 6.92 Å². The smallest absolute Gasteiger partial charge is 0.156 e. The van der Waals surface area contributed by atoms with E-state index in [1.165, 1.54) is 0 Å². The Morgan fingerprint density at radius 2 is 2.25 bits per heavy atom. The normalized spacial score (nSPS) is 10.6. The van der Waals surface area contributed by atoms with Gasteiger partial charge < -0.3 is 4.74 Å². The second-order valence-corrected chi connectivity index (χ2v) is 3.39. The molecule has 0 aliphatic carbocycles. The average molecular weight is 218 g/mol. The number of rotatable bonds is 4. The Hall–Kier alpha value is -1.75. The highest BCUT2D eigenvalue weighted by molar-refractivity contribution is 5.24. The van der Waals surface area contributed by atoms with Crippen molar-refractivity contribution in [3.63, 3.8) is 0 Å². The van der Waals surface area contributed by atoms with Crippen LogP contribution in [-0.2, 0) is 11.3 Å². The van der Waals surface area contributed by atoms with Gasteiger partial charge in [0.25, 0.3) is 0 Å². The summed E-state index contributed by atoms with van der Waals surface area (Å²) in [5, 5.41) is 0. The second kappa shape index (κ2) is 4.85. The summed E-state index contributed by atoms with van der Waals surface area (Å²) in [6.45, 7) is 5.00. The van der Waals surface area contributed by atoms with Gasteiger partial charge in [-0.1, -0.05) is 0 Å². The zero-order valence-electron chi connectivity index (χ0n) is 9.42. The van der Waals surface area contributed by atoms with Crippen molar-refractivity contribution in [1.82, 2.24) is 19.5 Å². The van der Waals surface area contributed by atoms with Crippen LogP contribution in [0.2, 0.25) is 0 Å². The third kappa shape index (κ3) is 2.43. The van der Waals surface area contributed by atoms with Crippen molar-refractivity contribution in [3.05, 3.63) is 36.3 Å². The summed E-state index contributed by atoms with van der Waals surface area (Å²) in [6.07, 6.45) is 5.29. The molecule has 0 saturated carbocycles. The van der Waals surface area contributed by atoms with Crippen LogP contribution in [0.15, 0.2) is 24.8 Å². The van der Waals surface area contributed by atoms with Crippen LogP contribution < -0.4 is 0 Å². The lowest BCUT2D eigenvalue weighted by atomic mass is 10.4. The summed E-state index contributed by atoms with van der Waals surface area (Å²) in [6, 6.07) is 1.91. The van der Waals surface area contributed by atoms with E-state index in [1.807, 2.05) is 30.7 Å². The van der Waals surface area contributed by atoms with E-state index in [-0.39, 0.29) is 0 Å². The molecule has 2 aromatic rings. The Balaban J connectivity index is 2.29. The topological polar surface area (TPSA) is 52.8 Å². The molecule has 0 spiro atoms. The van der Waals surface area contributed by atoms with Gasteiger partial charge in [0.1, 0.15) is 18.8 Å². The third-order valence-electron chi connectivity index (χ3n) is 2.09. The summed E-state index contributed by atoms with van der Waals surface area (Å²) in [5.74, 6) is 1.52. The molecule has 16 heavy (non-hydrogen) atoms. The molecule has 5 nitrogen and oxygen atoms in total. The molecule has 2 rings (SSSR count). The van der Waals surface area contributed by atoms with Gasteiger partial charge in [0, 0.05) is 30.8 Å². The van der Waals surface area contributed by atoms with Crippen LogP contribution in [0.1, 0.15) is 18.4 Å². The first-order chi connectivity index (χ1) is 7.79. The lowest BCUT2D eigenvalue weighted by Gasteiger charge is -2.06. The van der Waals surface area contributed by atoms with Gasteiger partial charge in [-0.3, -0.25) is 4.57 Å². The fourth-order valence-corrected chi connectivity index (χ4v) is 1.40. The Morgan fingerprint density at radius 1 is 1.38 bits per heavy atom. The van der Waals surface area contributed by atoms with Crippen molar-refractivity contribution in [2.45, 2.75) is 20.5 Å². The van der Waals surface area contributed by atoms with Crippen molar-refractivity contribution < 1.29 is 4.74 Å². The highest BCUT2D eigenvalue weighted by Gasteiger charge is 2.03. The Labute approximate surface area is 94.1 Å². The van der Waals surface area contributed by atoms with E-state index in [9.17, 15) is 0 Å². The minimum Gasteiger partial charge on any atom is -0.374 e. The van der Waals surface area contributed by atoms with E-state index in [0.717, 1.165) is 11.5 Å². The van der Waals surface area contributed by atoms with Crippen LogP contribution in [0.4, 0.5) is 0 Å². The molecule has 0 fully saturated rings. The Morgan fingerprint density at radius 3 is 2.94 bits per heavy atom. The molecule has 0 unspecified atom stereocenters. The predicted molar refractivity (Wildman–Crippen MR) is 59.2 cm³/mol. The lowest BCUT2D eigenvalue weighted by Crippen LogP contribution is -2.05. The number of hydrogen-bond acceptors (Lipinski definition) is 4. The van der Waals surface area contributed by atoms with Gasteiger partial charge in [0.05, 0.1) is 0 Å². The van der Waals surface area contributed by atoms with E-state index >= 15 is 0 Å². The summed E-state index contributed by atoms with van der Waals surface area (Å²) in [5.41, 5.74) is 0.924. The summed E-state index contributed by atoms with van der Waals surface area (Å²) in [7, 11) is 0. The Bertz CT molecular complexity index is 453. The van der Waals surface area contributed by atoms with Gasteiger partial charge in [0.2, 0.25) is 0 Å². The van der Waals surface area contributed by atoms with Gasteiger partial charge in [-0.2, -0.15) is 0 Å². The van der Waals surface area contributed by atoms with Crippen LogP contribution in [0.3, 0.4) is 0 Å². The minimum absolute atomic E-state index is 0.444. The number of nitrogens with zero attached hydrogens (tertiary/aromatic N) is 4. The predicted octanol–water partition coefficient (Wildman–Crippen LogP) is 1.51. The van der Waals surface area contributed by atoms with Crippen molar-refractivity contribution >= 4 is 0 Å². The monoisotopic (exact) mass is 218 g/mol. The number of aromatic nitrogens is 4. The van der Waals surface area contributed by atoms with Crippen molar-refractivity contribution in [1.29, 1.82) is 0 Å². The fourth-order valence-electron chi connectivity index (χ4n) is 1.40. The second-order valence-electron chi connectivity index (χ2n) is 3.39. The van der Waals surface area contributed by atoms with E-state index in [0.29, 0.717) is 19.0 Å². The number of aryl methyl sites for hydroxylation is 1. The number of hydrogen-bond donors (Lipinski definition) is 0. The first kappa shape index (κ1) is 10.8. The summed E-state index contributed by atoms with van der Waals surface area (Å²) >= 11 is 0. The number of ether oxygens (including phenoxy) is 1. The molecule has 2 aromatic heterocycles. The van der Waals surface area contributed by atoms with E-state index in [2.05, 4.69) is 15.0 Å². The molecule has 0 aliphatic heterocycles. The fraction of sp³-hybridized carbons (Fsp3) is 0.364. The molecular weight excluding hydrogens is 204 g/mol. The maximum absolute atomic E-state index is 5.30. The molecule has 0 atom stereocenters. The highest BCUT2D eigenvalue weighted by Crippen LogP contribution is 2.06. The highest BCUT2D eigenvalue weighted by atomic mass is 16.5. The van der Waals surface area contributed by atoms with Gasteiger partial charge in [-0.15, -0.1) is 0 Å².